The number of likely N-dealkylation sites (tertiary alicyclic amines) is 1. The summed E-state index contributed by atoms with van der Waals surface area (Å²) in [5, 5.41) is 5.01. The molecule has 2 aromatic rings. The Hall–Kier alpha value is -0.680. The highest BCUT2D eigenvalue weighted by molar-refractivity contribution is 6.44. The molecule has 3 rings (SSSR count). The Labute approximate surface area is 183 Å². The molecule has 1 fully saturated rings. The van der Waals surface area contributed by atoms with E-state index in [-0.39, 0.29) is 11.8 Å². The lowest BCUT2D eigenvalue weighted by Crippen LogP contribution is -2.40. The minimum absolute atomic E-state index is 0.0749. The molecule has 0 bridgehead atoms. The van der Waals surface area contributed by atoms with Gasteiger partial charge in [-0.3, -0.25) is 9.69 Å². The number of anilines is 1. The van der Waals surface area contributed by atoms with Crippen molar-refractivity contribution in [1.29, 1.82) is 0 Å². The van der Waals surface area contributed by atoms with E-state index in [4.69, 9.17) is 58.0 Å². The van der Waals surface area contributed by atoms with Crippen molar-refractivity contribution in [3.05, 3.63) is 61.0 Å². The SMILES string of the molecule is O=C(Nc1cc(Cl)c(Cl)cc1Cl)C1CCCN(Cc2ccc(Cl)c(Cl)c2)C1. The van der Waals surface area contributed by atoms with E-state index >= 15 is 0 Å². The van der Waals surface area contributed by atoms with Gasteiger partial charge in [-0.05, 0) is 49.2 Å². The maximum absolute atomic E-state index is 12.7. The number of amides is 1. The predicted octanol–water partition coefficient (Wildman–Crippen LogP) is 6.80. The minimum Gasteiger partial charge on any atom is -0.324 e. The van der Waals surface area contributed by atoms with Crippen LogP contribution in [0.4, 0.5) is 5.69 Å². The van der Waals surface area contributed by atoms with Crippen LogP contribution in [0.3, 0.4) is 0 Å². The van der Waals surface area contributed by atoms with Crippen molar-refractivity contribution in [2.24, 2.45) is 5.92 Å². The summed E-state index contributed by atoms with van der Waals surface area (Å²) in [5.74, 6) is -0.207. The molecule has 1 heterocycles. The fraction of sp³-hybridized carbons (Fsp3) is 0.316. The smallest absolute Gasteiger partial charge is 0.228 e. The van der Waals surface area contributed by atoms with E-state index in [1.165, 1.54) is 6.07 Å². The maximum atomic E-state index is 12.7. The van der Waals surface area contributed by atoms with Crippen molar-refractivity contribution < 1.29 is 4.79 Å². The van der Waals surface area contributed by atoms with E-state index in [1.54, 1.807) is 12.1 Å². The monoisotopic (exact) mass is 464 g/mol. The van der Waals surface area contributed by atoms with Crippen LogP contribution in [-0.2, 0) is 11.3 Å². The van der Waals surface area contributed by atoms with Gasteiger partial charge in [-0.25, -0.2) is 0 Å². The van der Waals surface area contributed by atoms with E-state index in [0.29, 0.717) is 43.9 Å². The van der Waals surface area contributed by atoms with Crippen LogP contribution in [-0.4, -0.2) is 23.9 Å². The molecule has 0 spiro atoms. The number of rotatable bonds is 4. The average Bonchev–Trinajstić information content (AvgIpc) is 2.63. The Morgan fingerprint density at radius 1 is 0.963 bits per heavy atom. The summed E-state index contributed by atoms with van der Waals surface area (Å²) in [6.45, 7) is 2.30. The van der Waals surface area contributed by atoms with Crippen molar-refractivity contribution in [1.82, 2.24) is 4.90 Å². The predicted molar refractivity (Wildman–Crippen MR) is 115 cm³/mol. The minimum atomic E-state index is -0.132. The second-order valence-electron chi connectivity index (χ2n) is 6.56. The first kappa shape index (κ1) is 21.0. The summed E-state index contributed by atoms with van der Waals surface area (Å²) in [7, 11) is 0. The Morgan fingerprint density at radius 2 is 1.67 bits per heavy atom. The zero-order valence-electron chi connectivity index (χ0n) is 14.2. The van der Waals surface area contributed by atoms with Crippen LogP contribution < -0.4 is 5.32 Å². The first-order valence-corrected chi connectivity index (χ1v) is 10.3. The van der Waals surface area contributed by atoms with Crippen molar-refractivity contribution >= 4 is 69.6 Å². The fourth-order valence-electron chi connectivity index (χ4n) is 3.16. The van der Waals surface area contributed by atoms with Crippen molar-refractivity contribution in [2.45, 2.75) is 19.4 Å². The average molecular weight is 467 g/mol. The van der Waals surface area contributed by atoms with Gasteiger partial charge in [0.25, 0.3) is 0 Å². The van der Waals surface area contributed by atoms with E-state index in [1.807, 2.05) is 12.1 Å². The molecule has 1 unspecified atom stereocenters. The number of hydrogen-bond acceptors (Lipinski definition) is 2. The maximum Gasteiger partial charge on any atom is 0.228 e. The first-order valence-electron chi connectivity index (χ1n) is 8.45. The molecule has 144 valence electrons. The van der Waals surface area contributed by atoms with Crippen LogP contribution in [0.2, 0.25) is 25.1 Å². The normalized spacial score (nSPS) is 17.7. The number of carbonyl (C=O) groups is 1. The zero-order valence-corrected chi connectivity index (χ0v) is 18.0. The van der Waals surface area contributed by atoms with Gasteiger partial charge in [0, 0.05) is 13.1 Å². The Bertz CT molecular complexity index is 858. The van der Waals surface area contributed by atoms with Crippen LogP contribution in [0.25, 0.3) is 0 Å². The Kier molecular flexibility index (Phi) is 7.18. The number of benzene rings is 2. The second-order valence-corrected chi connectivity index (χ2v) is 8.59. The van der Waals surface area contributed by atoms with Crippen LogP contribution in [0.15, 0.2) is 30.3 Å². The standard InChI is InChI=1S/C19H17Cl5N2O/c20-13-4-3-11(6-14(13)21)9-26-5-1-2-12(10-26)19(27)25-18-8-16(23)15(22)7-17(18)24/h3-4,6-8,12H,1-2,5,9-10H2,(H,25,27). The largest absolute Gasteiger partial charge is 0.324 e. The van der Waals surface area contributed by atoms with E-state index < -0.39 is 0 Å². The third-order valence-electron chi connectivity index (χ3n) is 4.53. The summed E-state index contributed by atoms with van der Waals surface area (Å²) >= 11 is 30.2. The molecule has 0 saturated carbocycles. The van der Waals surface area contributed by atoms with Crippen LogP contribution in [0, 0.1) is 5.92 Å². The van der Waals surface area contributed by atoms with E-state index in [2.05, 4.69) is 10.2 Å². The third kappa shape index (κ3) is 5.44. The highest BCUT2D eigenvalue weighted by atomic mass is 35.5. The second kappa shape index (κ2) is 9.21. The zero-order chi connectivity index (χ0) is 19.6. The molecule has 1 aliphatic heterocycles. The highest BCUT2D eigenvalue weighted by Gasteiger charge is 2.26. The lowest BCUT2D eigenvalue weighted by Gasteiger charge is -2.32. The summed E-state index contributed by atoms with van der Waals surface area (Å²) in [5.41, 5.74) is 1.54. The fourth-order valence-corrected chi connectivity index (χ4v) is 4.08. The van der Waals surface area contributed by atoms with Gasteiger partial charge in [-0.2, -0.15) is 0 Å². The van der Waals surface area contributed by atoms with Gasteiger partial charge in [0.2, 0.25) is 5.91 Å². The molecule has 0 aromatic heterocycles. The molecule has 0 radical (unpaired) electrons. The van der Waals surface area contributed by atoms with Gasteiger partial charge in [0.05, 0.1) is 36.7 Å². The number of nitrogens with zero attached hydrogens (tertiary/aromatic N) is 1. The van der Waals surface area contributed by atoms with Crippen LogP contribution >= 0.6 is 58.0 Å². The quantitative estimate of drug-likeness (QED) is 0.502. The highest BCUT2D eigenvalue weighted by Crippen LogP contribution is 2.33. The number of nitrogens with one attached hydrogen (secondary N) is 1. The molecule has 2 aromatic carbocycles. The topological polar surface area (TPSA) is 32.3 Å². The summed E-state index contributed by atoms with van der Waals surface area (Å²) in [4.78, 5) is 14.9. The van der Waals surface area contributed by atoms with Crippen molar-refractivity contribution in [3.63, 3.8) is 0 Å². The molecule has 1 saturated heterocycles. The number of hydrogen-bond donors (Lipinski definition) is 1. The van der Waals surface area contributed by atoms with E-state index in [9.17, 15) is 4.79 Å². The first-order chi connectivity index (χ1) is 12.8. The Morgan fingerprint density at radius 3 is 2.41 bits per heavy atom. The molecule has 1 atom stereocenters. The molecule has 0 aliphatic carbocycles. The number of halogens is 5. The van der Waals surface area contributed by atoms with Gasteiger partial charge in [-0.1, -0.05) is 64.1 Å². The molecular weight excluding hydrogens is 449 g/mol. The molecule has 3 nitrogen and oxygen atoms in total. The molecular formula is C19H17Cl5N2O. The van der Waals surface area contributed by atoms with Gasteiger partial charge in [-0.15, -0.1) is 0 Å². The van der Waals surface area contributed by atoms with Crippen LogP contribution in [0.5, 0.6) is 0 Å². The van der Waals surface area contributed by atoms with Gasteiger partial charge in [0.15, 0.2) is 0 Å². The van der Waals surface area contributed by atoms with Crippen molar-refractivity contribution in [3.8, 4) is 0 Å². The van der Waals surface area contributed by atoms with Gasteiger partial charge < -0.3 is 5.32 Å². The van der Waals surface area contributed by atoms with Gasteiger partial charge in [0.1, 0.15) is 0 Å². The van der Waals surface area contributed by atoms with Crippen molar-refractivity contribution in [2.75, 3.05) is 18.4 Å². The lowest BCUT2D eigenvalue weighted by molar-refractivity contribution is -0.121. The van der Waals surface area contributed by atoms with Crippen LogP contribution in [0.1, 0.15) is 18.4 Å². The van der Waals surface area contributed by atoms with Gasteiger partial charge >= 0.3 is 0 Å². The summed E-state index contributed by atoms with van der Waals surface area (Å²) in [6, 6.07) is 8.70. The molecule has 27 heavy (non-hydrogen) atoms. The van der Waals surface area contributed by atoms with E-state index in [0.717, 1.165) is 24.9 Å². The summed E-state index contributed by atoms with van der Waals surface area (Å²) in [6.07, 6.45) is 1.76. The molecule has 1 N–H and O–H groups in total. The number of carbonyl (C=O) groups excluding carboxylic acids is 1. The molecule has 8 heteroatoms. The third-order valence-corrected chi connectivity index (χ3v) is 6.31. The summed E-state index contributed by atoms with van der Waals surface area (Å²) < 4.78 is 0. The molecule has 1 aliphatic rings. The lowest BCUT2D eigenvalue weighted by atomic mass is 9.96. The molecule has 1 amide bonds. The number of piperidine rings is 1. The Balaban J connectivity index is 1.64.